The predicted octanol–water partition coefficient (Wildman–Crippen LogP) is 3.67. The molecule has 3 aromatic carbocycles. The second-order valence-corrected chi connectivity index (χ2v) is 7.72. The molecule has 0 unspecified atom stereocenters. The van der Waals surface area contributed by atoms with E-state index in [4.69, 9.17) is 5.73 Å². The maximum atomic E-state index is 12.4. The Morgan fingerprint density at radius 1 is 0.893 bits per heavy atom. The highest BCUT2D eigenvalue weighted by molar-refractivity contribution is 7.92. The van der Waals surface area contributed by atoms with Gasteiger partial charge in [-0.1, -0.05) is 18.2 Å². The molecule has 0 aromatic heterocycles. The largest absolute Gasteiger partial charge is 0.508 e. The van der Waals surface area contributed by atoms with Gasteiger partial charge in [0, 0.05) is 16.9 Å². The van der Waals surface area contributed by atoms with Gasteiger partial charge in [0.1, 0.15) is 5.75 Å². The highest BCUT2D eigenvalue weighted by Gasteiger charge is 2.14. The summed E-state index contributed by atoms with van der Waals surface area (Å²) in [7, 11) is -3.74. The van der Waals surface area contributed by atoms with Gasteiger partial charge in [-0.2, -0.15) is 0 Å². The minimum atomic E-state index is -3.74. The van der Waals surface area contributed by atoms with Crippen molar-refractivity contribution < 1.29 is 18.3 Å². The summed E-state index contributed by atoms with van der Waals surface area (Å²) in [4.78, 5) is 12.3. The Labute approximate surface area is 163 Å². The summed E-state index contributed by atoms with van der Waals surface area (Å²) < 4.78 is 27.2. The summed E-state index contributed by atoms with van der Waals surface area (Å²) in [6.07, 6.45) is 3.05. The minimum absolute atomic E-state index is 0.0960. The van der Waals surface area contributed by atoms with Crippen molar-refractivity contribution in [3.05, 3.63) is 90.0 Å². The number of hydrogen-bond acceptors (Lipinski definition) is 5. The van der Waals surface area contributed by atoms with Crippen molar-refractivity contribution in [3.63, 3.8) is 0 Å². The number of carbonyl (C=O) groups excluding carboxylic acids is 1. The summed E-state index contributed by atoms with van der Waals surface area (Å²) in [5.41, 5.74) is 7.59. The zero-order valence-corrected chi connectivity index (χ0v) is 15.6. The maximum Gasteiger partial charge on any atom is 0.261 e. The average Bonchev–Trinajstić information content (AvgIpc) is 2.68. The smallest absolute Gasteiger partial charge is 0.261 e. The normalized spacial score (nSPS) is 11.4. The highest BCUT2D eigenvalue weighted by Crippen LogP contribution is 2.18. The molecule has 0 aliphatic carbocycles. The van der Waals surface area contributed by atoms with Crippen LogP contribution in [0.1, 0.15) is 15.9 Å². The predicted molar refractivity (Wildman–Crippen MR) is 110 cm³/mol. The van der Waals surface area contributed by atoms with Crippen molar-refractivity contribution in [2.24, 2.45) is 0 Å². The number of hydrogen-bond donors (Lipinski definition) is 3. The third-order valence-electron chi connectivity index (χ3n) is 3.93. The number of rotatable bonds is 6. The second-order valence-electron chi connectivity index (χ2n) is 6.04. The topological polar surface area (TPSA) is 109 Å². The summed E-state index contributed by atoms with van der Waals surface area (Å²) in [5, 5.41) is 9.26. The molecule has 0 fully saturated rings. The van der Waals surface area contributed by atoms with Crippen LogP contribution >= 0.6 is 0 Å². The van der Waals surface area contributed by atoms with Gasteiger partial charge in [-0.05, 0) is 72.3 Å². The van der Waals surface area contributed by atoms with Gasteiger partial charge in [-0.3, -0.25) is 9.52 Å². The van der Waals surface area contributed by atoms with Crippen LogP contribution < -0.4 is 10.5 Å². The van der Waals surface area contributed by atoms with Crippen molar-refractivity contribution in [1.82, 2.24) is 0 Å². The first kappa shape index (κ1) is 19.2. The minimum Gasteiger partial charge on any atom is -0.508 e. The number of nitrogens with two attached hydrogens (primary N) is 1. The van der Waals surface area contributed by atoms with E-state index in [1.165, 1.54) is 54.6 Å². The number of benzene rings is 3. The van der Waals surface area contributed by atoms with Gasteiger partial charge in [0.15, 0.2) is 5.78 Å². The Kier molecular flexibility index (Phi) is 5.47. The van der Waals surface area contributed by atoms with Gasteiger partial charge in [0.25, 0.3) is 10.0 Å². The summed E-state index contributed by atoms with van der Waals surface area (Å²) in [6.45, 7) is 0. The number of anilines is 2. The SMILES string of the molecule is Nc1ccc(S(=O)(=O)Nc2ccc(C(=O)C=Cc3ccc(O)cc3)cc2)cc1. The van der Waals surface area contributed by atoms with Crippen molar-refractivity contribution in [2.75, 3.05) is 10.5 Å². The first-order valence-corrected chi connectivity index (χ1v) is 9.82. The fourth-order valence-corrected chi connectivity index (χ4v) is 3.48. The first-order chi connectivity index (χ1) is 13.3. The lowest BCUT2D eigenvalue weighted by molar-refractivity contribution is 0.104. The van der Waals surface area contributed by atoms with E-state index in [1.54, 1.807) is 30.3 Å². The van der Waals surface area contributed by atoms with Crippen LogP contribution in [0, 0.1) is 0 Å². The number of phenolic OH excluding ortho intramolecular Hbond substituents is 1. The van der Waals surface area contributed by atoms with E-state index in [0.29, 0.717) is 16.9 Å². The van der Waals surface area contributed by atoms with Crippen molar-refractivity contribution in [3.8, 4) is 5.75 Å². The van der Waals surface area contributed by atoms with Crippen LogP contribution in [-0.4, -0.2) is 19.3 Å². The van der Waals surface area contributed by atoms with Gasteiger partial charge in [-0.25, -0.2) is 8.42 Å². The molecular formula is C21H18N2O4S. The van der Waals surface area contributed by atoms with E-state index in [9.17, 15) is 18.3 Å². The summed E-state index contributed by atoms with van der Waals surface area (Å²) in [6, 6.07) is 18.4. The van der Waals surface area contributed by atoms with Gasteiger partial charge in [-0.15, -0.1) is 0 Å². The van der Waals surface area contributed by atoms with Gasteiger partial charge >= 0.3 is 0 Å². The van der Waals surface area contributed by atoms with Crippen LogP contribution in [0.2, 0.25) is 0 Å². The highest BCUT2D eigenvalue weighted by atomic mass is 32.2. The van der Waals surface area contributed by atoms with Crippen LogP contribution in [0.15, 0.2) is 83.8 Å². The second kappa shape index (κ2) is 7.98. The van der Waals surface area contributed by atoms with Crippen LogP contribution in [0.4, 0.5) is 11.4 Å². The Morgan fingerprint density at radius 2 is 1.50 bits per heavy atom. The molecule has 7 heteroatoms. The fourth-order valence-electron chi connectivity index (χ4n) is 2.42. The van der Waals surface area contributed by atoms with E-state index < -0.39 is 10.0 Å². The van der Waals surface area contributed by atoms with E-state index in [-0.39, 0.29) is 16.4 Å². The Bertz CT molecular complexity index is 1100. The van der Waals surface area contributed by atoms with Crippen LogP contribution in [0.5, 0.6) is 5.75 Å². The third kappa shape index (κ3) is 4.77. The summed E-state index contributed by atoms with van der Waals surface area (Å²) >= 11 is 0. The van der Waals surface area contributed by atoms with Crippen molar-refractivity contribution in [1.29, 1.82) is 0 Å². The molecule has 28 heavy (non-hydrogen) atoms. The average molecular weight is 394 g/mol. The van der Waals surface area contributed by atoms with E-state index in [0.717, 1.165) is 5.56 Å². The zero-order valence-electron chi connectivity index (χ0n) is 14.7. The van der Waals surface area contributed by atoms with Crippen LogP contribution in [0.3, 0.4) is 0 Å². The molecule has 3 rings (SSSR count). The lowest BCUT2D eigenvalue weighted by atomic mass is 10.1. The molecular weight excluding hydrogens is 376 g/mol. The zero-order chi connectivity index (χ0) is 20.1. The molecule has 0 aliphatic heterocycles. The quantitative estimate of drug-likeness (QED) is 0.336. The molecule has 0 atom stereocenters. The molecule has 0 saturated heterocycles. The number of nitrogen functional groups attached to an aromatic ring is 1. The lowest BCUT2D eigenvalue weighted by Gasteiger charge is -2.08. The molecule has 4 N–H and O–H groups in total. The standard InChI is InChI=1S/C21H18N2O4S/c22-17-6-12-20(13-7-17)28(26,27)23-18-8-4-16(5-9-18)21(25)14-3-15-1-10-19(24)11-2-15/h1-14,23-24H,22H2. The molecule has 0 spiro atoms. The van der Waals surface area contributed by atoms with E-state index in [1.807, 2.05) is 0 Å². The molecule has 0 heterocycles. The monoisotopic (exact) mass is 394 g/mol. The molecule has 6 nitrogen and oxygen atoms in total. The molecule has 3 aromatic rings. The Balaban J connectivity index is 1.69. The number of carbonyl (C=O) groups is 1. The first-order valence-electron chi connectivity index (χ1n) is 8.33. The van der Waals surface area contributed by atoms with E-state index in [2.05, 4.69) is 4.72 Å². The van der Waals surface area contributed by atoms with Crippen molar-refractivity contribution in [2.45, 2.75) is 4.90 Å². The van der Waals surface area contributed by atoms with Gasteiger partial charge in [0.05, 0.1) is 4.90 Å². The third-order valence-corrected chi connectivity index (χ3v) is 5.33. The van der Waals surface area contributed by atoms with Crippen LogP contribution in [0.25, 0.3) is 6.08 Å². The number of phenols is 1. The number of aromatic hydroxyl groups is 1. The number of allylic oxidation sites excluding steroid dienone is 1. The molecule has 0 saturated carbocycles. The van der Waals surface area contributed by atoms with Gasteiger partial charge < -0.3 is 10.8 Å². The molecule has 0 aliphatic rings. The van der Waals surface area contributed by atoms with E-state index >= 15 is 0 Å². The van der Waals surface area contributed by atoms with Crippen molar-refractivity contribution >= 4 is 33.3 Å². The fraction of sp³-hybridized carbons (Fsp3) is 0. The molecule has 0 radical (unpaired) electrons. The van der Waals surface area contributed by atoms with Gasteiger partial charge in [0.2, 0.25) is 0 Å². The number of ketones is 1. The Hall–Kier alpha value is -3.58. The molecule has 0 amide bonds. The molecule has 142 valence electrons. The Morgan fingerprint density at radius 3 is 2.11 bits per heavy atom. The number of nitrogens with one attached hydrogen (secondary N) is 1. The number of sulfonamides is 1. The maximum absolute atomic E-state index is 12.4. The lowest BCUT2D eigenvalue weighted by Crippen LogP contribution is -2.13. The van der Waals surface area contributed by atoms with Crippen LogP contribution in [-0.2, 0) is 10.0 Å². The summed E-state index contributed by atoms with van der Waals surface area (Å²) in [5.74, 6) is -0.0681. The molecule has 0 bridgehead atoms.